The Bertz CT molecular complexity index is 1060. The fourth-order valence-corrected chi connectivity index (χ4v) is 3.03. The number of benzene rings is 2. The van der Waals surface area contributed by atoms with Crippen LogP contribution in [-0.4, -0.2) is 21.6 Å². The molecular formula is C21H19F3N4O2. The van der Waals surface area contributed by atoms with Gasteiger partial charge < -0.3 is 11.1 Å². The summed E-state index contributed by atoms with van der Waals surface area (Å²) in [6.45, 7) is 1.63. The van der Waals surface area contributed by atoms with E-state index in [0.717, 1.165) is 12.1 Å². The number of carbonyl (C=O) groups excluding carboxylic acids is 2. The summed E-state index contributed by atoms with van der Waals surface area (Å²) in [6, 6.07) is 14.3. The fraction of sp³-hybridized carbons (Fsp3) is 0.190. The monoisotopic (exact) mass is 416 g/mol. The number of rotatable bonds is 6. The Balaban J connectivity index is 1.87. The van der Waals surface area contributed by atoms with E-state index in [0.29, 0.717) is 11.3 Å². The van der Waals surface area contributed by atoms with Gasteiger partial charge in [0.1, 0.15) is 0 Å². The largest absolute Gasteiger partial charge is 0.416 e. The summed E-state index contributed by atoms with van der Waals surface area (Å²) >= 11 is 0. The normalized spacial score (nSPS) is 12.4. The van der Waals surface area contributed by atoms with Crippen molar-refractivity contribution in [3.8, 4) is 5.69 Å². The summed E-state index contributed by atoms with van der Waals surface area (Å²) in [7, 11) is 0. The van der Waals surface area contributed by atoms with Crippen molar-refractivity contribution >= 4 is 11.8 Å². The van der Waals surface area contributed by atoms with Crippen LogP contribution >= 0.6 is 0 Å². The number of nitrogens with two attached hydrogens (primary N) is 1. The van der Waals surface area contributed by atoms with E-state index in [4.69, 9.17) is 5.73 Å². The molecule has 2 aromatic carbocycles. The highest BCUT2D eigenvalue weighted by atomic mass is 19.4. The minimum atomic E-state index is -4.49. The molecule has 1 heterocycles. The molecule has 1 atom stereocenters. The standard InChI is InChI=1S/C21H19F3N4O2/c1-13-10-18(27-28(13)16-9-5-8-15(11-16)21(22,23)24)20(30)26-17(12-19(25)29)14-6-3-2-4-7-14/h2-11,17H,12H2,1H3,(H2,25,29)(H,26,30). The van der Waals surface area contributed by atoms with Gasteiger partial charge in [0.25, 0.3) is 5.91 Å². The Kier molecular flexibility index (Phi) is 5.91. The number of aromatic nitrogens is 2. The Morgan fingerprint density at radius 1 is 1.10 bits per heavy atom. The van der Waals surface area contributed by atoms with Gasteiger partial charge in [-0.05, 0) is 36.8 Å². The zero-order chi connectivity index (χ0) is 21.9. The number of primary amides is 1. The summed E-state index contributed by atoms with van der Waals surface area (Å²) in [4.78, 5) is 24.1. The molecule has 0 saturated carbocycles. The number of aryl methyl sites for hydroxylation is 1. The Morgan fingerprint density at radius 2 is 1.80 bits per heavy atom. The second kappa shape index (κ2) is 8.40. The van der Waals surface area contributed by atoms with Crippen molar-refractivity contribution in [2.45, 2.75) is 25.6 Å². The molecule has 2 amide bonds. The molecule has 3 aromatic rings. The number of halogens is 3. The molecule has 156 valence electrons. The topological polar surface area (TPSA) is 90.0 Å². The van der Waals surface area contributed by atoms with Crippen molar-refractivity contribution in [2.75, 3.05) is 0 Å². The van der Waals surface area contributed by atoms with Crippen LogP contribution in [0.25, 0.3) is 5.69 Å². The molecule has 0 aliphatic rings. The summed E-state index contributed by atoms with van der Waals surface area (Å²) in [6.07, 6.45) is -4.60. The number of amides is 2. The van der Waals surface area contributed by atoms with E-state index >= 15 is 0 Å². The maximum Gasteiger partial charge on any atom is 0.416 e. The minimum Gasteiger partial charge on any atom is -0.370 e. The van der Waals surface area contributed by atoms with Gasteiger partial charge in [-0.1, -0.05) is 36.4 Å². The second-order valence-electron chi connectivity index (χ2n) is 6.74. The quantitative estimate of drug-likeness (QED) is 0.644. The van der Waals surface area contributed by atoms with Crippen molar-refractivity contribution in [1.29, 1.82) is 0 Å². The molecule has 30 heavy (non-hydrogen) atoms. The zero-order valence-corrected chi connectivity index (χ0v) is 16.0. The van der Waals surface area contributed by atoms with Gasteiger partial charge in [0.15, 0.2) is 5.69 Å². The van der Waals surface area contributed by atoms with Crippen LogP contribution in [-0.2, 0) is 11.0 Å². The first-order valence-electron chi connectivity index (χ1n) is 9.03. The van der Waals surface area contributed by atoms with Crippen LogP contribution in [0.2, 0.25) is 0 Å². The lowest BCUT2D eigenvalue weighted by Gasteiger charge is -2.17. The van der Waals surface area contributed by atoms with Gasteiger partial charge in [-0.2, -0.15) is 18.3 Å². The first kappa shape index (κ1) is 21.1. The highest BCUT2D eigenvalue weighted by Gasteiger charge is 2.30. The molecule has 0 aliphatic heterocycles. The Morgan fingerprint density at radius 3 is 2.43 bits per heavy atom. The van der Waals surface area contributed by atoms with Crippen molar-refractivity contribution in [3.63, 3.8) is 0 Å². The van der Waals surface area contributed by atoms with Gasteiger partial charge in [-0.3, -0.25) is 9.59 Å². The lowest BCUT2D eigenvalue weighted by Crippen LogP contribution is -2.32. The smallest absolute Gasteiger partial charge is 0.370 e. The number of nitrogens with zero attached hydrogens (tertiary/aromatic N) is 2. The molecule has 0 spiro atoms. The lowest BCUT2D eigenvalue weighted by atomic mass is 10.0. The lowest BCUT2D eigenvalue weighted by molar-refractivity contribution is -0.137. The van der Waals surface area contributed by atoms with E-state index in [1.807, 2.05) is 0 Å². The molecule has 3 N–H and O–H groups in total. The molecule has 0 bridgehead atoms. The van der Waals surface area contributed by atoms with Crippen LogP contribution in [0.1, 0.15) is 39.8 Å². The molecule has 6 nitrogen and oxygen atoms in total. The summed E-state index contributed by atoms with van der Waals surface area (Å²) in [5.74, 6) is -1.16. The maximum atomic E-state index is 13.0. The van der Waals surface area contributed by atoms with E-state index in [1.54, 1.807) is 37.3 Å². The number of hydrogen-bond acceptors (Lipinski definition) is 3. The molecule has 9 heteroatoms. The van der Waals surface area contributed by atoms with E-state index in [9.17, 15) is 22.8 Å². The predicted molar refractivity (Wildman–Crippen MR) is 104 cm³/mol. The third-order valence-corrected chi connectivity index (χ3v) is 4.45. The van der Waals surface area contributed by atoms with Gasteiger partial charge in [0.2, 0.25) is 5.91 Å². The molecule has 0 aliphatic carbocycles. The number of alkyl halides is 3. The molecule has 0 radical (unpaired) electrons. The molecule has 0 fully saturated rings. The predicted octanol–water partition coefficient (Wildman–Crippen LogP) is 3.55. The van der Waals surface area contributed by atoms with Gasteiger partial charge in [-0.15, -0.1) is 0 Å². The molecular weight excluding hydrogens is 397 g/mol. The van der Waals surface area contributed by atoms with Crippen LogP contribution in [0.4, 0.5) is 13.2 Å². The Labute approximate surface area is 170 Å². The summed E-state index contributed by atoms with van der Waals surface area (Å²) in [5.41, 5.74) is 5.84. The number of hydrogen-bond donors (Lipinski definition) is 2. The zero-order valence-electron chi connectivity index (χ0n) is 16.0. The van der Waals surface area contributed by atoms with Crippen LogP contribution in [0, 0.1) is 6.92 Å². The van der Waals surface area contributed by atoms with E-state index in [-0.39, 0.29) is 17.8 Å². The van der Waals surface area contributed by atoms with Crippen LogP contribution in [0.15, 0.2) is 60.7 Å². The van der Waals surface area contributed by atoms with Gasteiger partial charge >= 0.3 is 6.18 Å². The molecule has 0 saturated heterocycles. The second-order valence-corrected chi connectivity index (χ2v) is 6.74. The van der Waals surface area contributed by atoms with E-state index < -0.39 is 29.6 Å². The van der Waals surface area contributed by atoms with Crippen molar-refractivity contribution < 1.29 is 22.8 Å². The van der Waals surface area contributed by atoms with Gasteiger partial charge in [-0.25, -0.2) is 4.68 Å². The highest BCUT2D eigenvalue weighted by molar-refractivity contribution is 5.93. The average molecular weight is 416 g/mol. The first-order chi connectivity index (χ1) is 14.1. The first-order valence-corrected chi connectivity index (χ1v) is 9.03. The average Bonchev–Trinajstić information content (AvgIpc) is 3.09. The van der Waals surface area contributed by atoms with Crippen LogP contribution in [0.5, 0.6) is 0 Å². The van der Waals surface area contributed by atoms with Crippen molar-refractivity contribution in [1.82, 2.24) is 15.1 Å². The summed E-state index contributed by atoms with van der Waals surface area (Å²) in [5, 5.41) is 6.86. The molecule has 1 aromatic heterocycles. The van der Waals surface area contributed by atoms with Gasteiger partial charge in [0.05, 0.1) is 23.7 Å². The van der Waals surface area contributed by atoms with Crippen molar-refractivity contribution in [3.05, 3.63) is 83.2 Å². The third-order valence-electron chi connectivity index (χ3n) is 4.45. The maximum absolute atomic E-state index is 13.0. The molecule has 3 rings (SSSR count). The summed E-state index contributed by atoms with van der Waals surface area (Å²) < 4.78 is 40.2. The van der Waals surface area contributed by atoms with E-state index in [1.165, 1.54) is 22.9 Å². The fourth-order valence-electron chi connectivity index (χ4n) is 3.03. The minimum absolute atomic E-state index is 0.00955. The SMILES string of the molecule is Cc1cc(C(=O)NC(CC(N)=O)c2ccccc2)nn1-c1cccc(C(F)(F)F)c1. The molecule has 1 unspecified atom stereocenters. The van der Waals surface area contributed by atoms with Gasteiger partial charge in [0, 0.05) is 5.69 Å². The Hall–Kier alpha value is -3.62. The van der Waals surface area contributed by atoms with E-state index in [2.05, 4.69) is 10.4 Å². The van der Waals surface area contributed by atoms with Crippen LogP contribution < -0.4 is 11.1 Å². The van der Waals surface area contributed by atoms with Crippen LogP contribution in [0.3, 0.4) is 0 Å². The number of carbonyl (C=O) groups is 2. The van der Waals surface area contributed by atoms with Crippen molar-refractivity contribution in [2.24, 2.45) is 5.73 Å². The highest BCUT2D eigenvalue weighted by Crippen LogP contribution is 2.30. The number of nitrogens with one attached hydrogen (secondary N) is 1. The third kappa shape index (κ3) is 4.86.